The van der Waals surface area contributed by atoms with Gasteiger partial charge in [0, 0.05) is 22.8 Å². The van der Waals surface area contributed by atoms with E-state index in [1.54, 1.807) is 36.5 Å². The van der Waals surface area contributed by atoms with Gasteiger partial charge in [-0.3, -0.25) is 9.78 Å². The van der Waals surface area contributed by atoms with Gasteiger partial charge in [-0.05, 0) is 62.2 Å². The molecule has 1 heterocycles. The monoisotopic (exact) mass is 403 g/mol. The van der Waals surface area contributed by atoms with Crippen molar-refractivity contribution in [2.24, 2.45) is 10.6 Å². The van der Waals surface area contributed by atoms with E-state index < -0.39 is 5.41 Å². The zero-order chi connectivity index (χ0) is 21.1. The van der Waals surface area contributed by atoms with Gasteiger partial charge in [0.15, 0.2) is 0 Å². The molecule has 0 radical (unpaired) electrons. The number of pyridine rings is 1. The molecule has 152 valence electrons. The minimum absolute atomic E-state index is 0.255. The Kier molecular flexibility index (Phi) is 5.18. The van der Waals surface area contributed by atoms with Crippen LogP contribution in [0.5, 0.6) is 11.5 Å². The maximum Gasteiger partial charge on any atom is 0.237 e. The number of ether oxygens (including phenoxy) is 1. The number of rotatable bonds is 7. The Morgan fingerprint density at radius 3 is 2.60 bits per heavy atom. The predicted molar refractivity (Wildman–Crippen MR) is 114 cm³/mol. The van der Waals surface area contributed by atoms with Crippen molar-refractivity contribution < 1.29 is 19.2 Å². The first-order chi connectivity index (χ1) is 14.5. The summed E-state index contributed by atoms with van der Waals surface area (Å²) in [7, 11) is 1.51. The van der Waals surface area contributed by atoms with Crippen LogP contribution in [0.2, 0.25) is 0 Å². The van der Waals surface area contributed by atoms with E-state index in [0.29, 0.717) is 30.0 Å². The maximum atomic E-state index is 12.2. The van der Waals surface area contributed by atoms with Crippen LogP contribution in [0, 0.1) is 5.41 Å². The Morgan fingerprint density at radius 1 is 1.17 bits per heavy atom. The lowest BCUT2D eigenvalue weighted by Crippen LogP contribution is -2.25. The molecule has 1 aliphatic rings. The SMILES string of the molecule is CO/N=C(\C)c1ccc2c(Oc3ccc(NC(=O)C4(C=O)CC4)cc3)ccnc2c1. The molecular formula is C23H21N3O4. The van der Waals surface area contributed by atoms with Gasteiger partial charge in [-0.2, -0.15) is 0 Å². The fraction of sp³-hybridized carbons (Fsp3) is 0.217. The van der Waals surface area contributed by atoms with E-state index in [-0.39, 0.29) is 5.91 Å². The molecule has 1 amide bonds. The fourth-order valence-corrected chi connectivity index (χ4v) is 3.15. The lowest BCUT2D eigenvalue weighted by molar-refractivity contribution is -0.126. The van der Waals surface area contributed by atoms with Crippen LogP contribution in [0.15, 0.2) is 59.9 Å². The van der Waals surface area contributed by atoms with E-state index in [1.165, 1.54) is 7.11 Å². The van der Waals surface area contributed by atoms with Crippen molar-refractivity contribution in [2.75, 3.05) is 12.4 Å². The van der Waals surface area contributed by atoms with Crippen molar-refractivity contribution in [3.63, 3.8) is 0 Å². The average Bonchev–Trinajstić information content (AvgIpc) is 3.57. The molecule has 1 aromatic heterocycles. The number of hydrogen-bond donors (Lipinski definition) is 1. The summed E-state index contributed by atoms with van der Waals surface area (Å²) in [6.45, 7) is 1.87. The summed E-state index contributed by atoms with van der Waals surface area (Å²) >= 11 is 0. The van der Waals surface area contributed by atoms with Crippen molar-refractivity contribution >= 4 is 34.5 Å². The van der Waals surface area contributed by atoms with Gasteiger partial charge in [-0.25, -0.2) is 0 Å². The number of nitrogens with zero attached hydrogens (tertiary/aromatic N) is 2. The molecule has 0 saturated heterocycles. The summed E-state index contributed by atoms with van der Waals surface area (Å²) in [4.78, 5) is 32.5. The van der Waals surface area contributed by atoms with Gasteiger partial charge >= 0.3 is 0 Å². The molecule has 0 atom stereocenters. The lowest BCUT2D eigenvalue weighted by Gasteiger charge is -2.12. The number of anilines is 1. The predicted octanol–water partition coefficient (Wildman–Crippen LogP) is 4.32. The fourth-order valence-electron chi connectivity index (χ4n) is 3.15. The molecule has 0 aliphatic heterocycles. The van der Waals surface area contributed by atoms with Crippen molar-refractivity contribution in [3.8, 4) is 11.5 Å². The van der Waals surface area contributed by atoms with E-state index >= 15 is 0 Å². The molecule has 7 heteroatoms. The third-order valence-electron chi connectivity index (χ3n) is 5.16. The molecule has 3 aromatic rings. The molecule has 0 bridgehead atoms. The van der Waals surface area contributed by atoms with Crippen LogP contribution in [-0.4, -0.2) is 30.0 Å². The summed E-state index contributed by atoms with van der Waals surface area (Å²) in [6, 6.07) is 14.6. The zero-order valence-electron chi connectivity index (χ0n) is 16.7. The number of benzene rings is 2. The minimum Gasteiger partial charge on any atom is -0.457 e. The maximum absolute atomic E-state index is 12.2. The second-order valence-corrected chi connectivity index (χ2v) is 7.25. The van der Waals surface area contributed by atoms with E-state index in [1.807, 2.05) is 25.1 Å². The standard InChI is InChI=1S/C23H21N3O4/c1-15(26-29-2)16-3-8-19-20(13-16)24-12-9-21(19)30-18-6-4-17(5-7-18)25-22(28)23(14-27)10-11-23/h3-9,12-14H,10-11H2,1-2H3,(H,25,28)/b26-15+. The summed E-state index contributed by atoms with van der Waals surface area (Å²) in [5.41, 5.74) is 2.24. The lowest BCUT2D eigenvalue weighted by atomic mass is 10.1. The molecule has 1 aliphatic carbocycles. The Hall–Kier alpha value is -3.74. The molecule has 0 spiro atoms. The quantitative estimate of drug-likeness (QED) is 0.275. The minimum atomic E-state index is -0.837. The van der Waals surface area contributed by atoms with Crippen LogP contribution in [0.4, 0.5) is 5.69 Å². The van der Waals surface area contributed by atoms with E-state index in [0.717, 1.165) is 28.5 Å². The van der Waals surface area contributed by atoms with Gasteiger partial charge in [-0.15, -0.1) is 0 Å². The highest BCUT2D eigenvalue weighted by Crippen LogP contribution is 2.44. The highest BCUT2D eigenvalue weighted by atomic mass is 16.6. The molecule has 2 aromatic carbocycles. The van der Waals surface area contributed by atoms with E-state index in [9.17, 15) is 9.59 Å². The highest BCUT2D eigenvalue weighted by molar-refractivity contribution is 6.07. The average molecular weight is 403 g/mol. The van der Waals surface area contributed by atoms with Crippen molar-refractivity contribution in [2.45, 2.75) is 19.8 Å². The van der Waals surface area contributed by atoms with Gasteiger partial charge in [0.05, 0.1) is 11.2 Å². The number of hydrogen-bond acceptors (Lipinski definition) is 6. The van der Waals surface area contributed by atoms with E-state index in [2.05, 4.69) is 15.5 Å². The number of amides is 1. The molecule has 7 nitrogen and oxygen atoms in total. The number of aromatic nitrogens is 1. The summed E-state index contributed by atoms with van der Waals surface area (Å²) in [6.07, 6.45) is 3.64. The Labute approximate surface area is 173 Å². The summed E-state index contributed by atoms with van der Waals surface area (Å²) < 4.78 is 6.04. The number of aldehydes is 1. The van der Waals surface area contributed by atoms with Crippen LogP contribution in [0.1, 0.15) is 25.3 Å². The number of carbonyl (C=O) groups is 2. The first kappa shape index (κ1) is 19.6. The second kappa shape index (κ2) is 7.94. The first-order valence-electron chi connectivity index (χ1n) is 9.57. The number of oxime groups is 1. The Morgan fingerprint density at radius 2 is 1.93 bits per heavy atom. The third kappa shape index (κ3) is 3.87. The summed E-state index contributed by atoms with van der Waals surface area (Å²) in [5, 5.41) is 7.61. The second-order valence-electron chi connectivity index (χ2n) is 7.25. The molecular weight excluding hydrogens is 382 g/mol. The zero-order valence-corrected chi connectivity index (χ0v) is 16.7. The summed E-state index contributed by atoms with van der Waals surface area (Å²) in [5.74, 6) is 1.04. The number of carbonyl (C=O) groups excluding carboxylic acids is 2. The van der Waals surface area contributed by atoms with Crippen LogP contribution in [-0.2, 0) is 14.4 Å². The first-order valence-corrected chi connectivity index (χ1v) is 9.57. The van der Waals surface area contributed by atoms with Gasteiger partial charge in [0.1, 0.15) is 30.3 Å². The Bertz CT molecular complexity index is 1130. The van der Waals surface area contributed by atoms with Gasteiger partial charge in [0.25, 0.3) is 0 Å². The molecule has 1 N–H and O–H groups in total. The van der Waals surface area contributed by atoms with Crippen LogP contribution < -0.4 is 10.1 Å². The molecule has 1 fully saturated rings. The Balaban J connectivity index is 1.52. The number of nitrogens with one attached hydrogen (secondary N) is 1. The largest absolute Gasteiger partial charge is 0.457 e. The van der Waals surface area contributed by atoms with Crippen molar-refractivity contribution in [1.29, 1.82) is 0 Å². The molecule has 1 saturated carbocycles. The molecule has 30 heavy (non-hydrogen) atoms. The normalized spacial score (nSPS) is 14.8. The third-order valence-corrected chi connectivity index (χ3v) is 5.16. The molecule has 0 unspecified atom stereocenters. The van der Waals surface area contributed by atoms with Gasteiger partial charge in [-0.1, -0.05) is 11.2 Å². The smallest absolute Gasteiger partial charge is 0.237 e. The van der Waals surface area contributed by atoms with Crippen LogP contribution in [0.25, 0.3) is 10.9 Å². The topological polar surface area (TPSA) is 89.9 Å². The van der Waals surface area contributed by atoms with E-state index in [4.69, 9.17) is 9.57 Å². The van der Waals surface area contributed by atoms with Gasteiger partial charge in [0.2, 0.25) is 5.91 Å². The van der Waals surface area contributed by atoms with Crippen molar-refractivity contribution in [3.05, 3.63) is 60.3 Å². The number of fused-ring (bicyclic) bond motifs is 1. The van der Waals surface area contributed by atoms with Crippen molar-refractivity contribution in [1.82, 2.24) is 4.98 Å². The van der Waals surface area contributed by atoms with Crippen LogP contribution in [0.3, 0.4) is 0 Å². The van der Waals surface area contributed by atoms with Gasteiger partial charge < -0.3 is 19.7 Å². The van der Waals surface area contributed by atoms with Crippen LogP contribution >= 0.6 is 0 Å². The highest BCUT2D eigenvalue weighted by Gasteiger charge is 2.50. The molecule has 4 rings (SSSR count).